The van der Waals surface area contributed by atoms with E-state index in [4.69, 9.17) is 0 Å². The maximum Gasteiger partial charge on any atom is 0.391 e. The van der Waals surface area contributed by atoms with Gasteiger partial charge in [-0.1, -0.05) is 281 Å². The lowest BCUT2D eigenvalue weighted by Gasteiger charge is -2.42. The molecule has 1 unspecified atom stereocenters. The van der Waals surface area contributed by atoms with Crippen LogP contribution in [0.5, 0.6) is 0 Å². The van der Waals surface area contributed by atoms with E-state index in [1.165, 1.54) is 154 Å². The summed E-state index contributed by atoms with van der Waals surface area (Å²) >= 11 is 0. The first-order valence-electron chi connectivity index (χ1n) is 38.6. The van der Waals surface area contributed by atoms with E-state index < -0.39 is 23.9 Å². The third-order valence-electron chi connectivity index (χ3n) is 22.6. The van der Waals surface area contributed by atoms with Crippen LogP contribution in [0.1, 0.15) is 387 Å². The van der Waals surface area contributed by atoms with Crippen LogP contribution in [0.15, 0.2) is 60.7 Å². The smallest absolute Gasteiger partial charge is 0.207 e. The van der Waals surface area contributed by atoms with Crippen molar-refractivity contribution in [2.45, 2.75) is 402 Å². The summed E-state index contributed by atoms with van der Waals surface area (Å²) in [5.74, 6) is -3.02. The van der Waals surface area contributed by atoms with Gasteiger partial charge >= 0.3 is 6.18 Å². The lowest BCUT2D eigenvalue weighted by molar-refractivity contribution is -0.171. The van der Waals surface area contributed by atoms with Crippen LogP contribution in [0, 0.1) is 91.8 Å². The monoisotopic (exact) mass is 1340 g/mol. The molecule has 0 nitrogen and oxygen atoms in total. The van der Waals surface area contributed by atoms with Crippen LogP contribution < -0.4 is 0 Å². The van der Waals surface area contributed by atoms with Gasteiger partial charge in [0, 0.05) is 25.7 Å². The molecule has 7 heteroatoms. The van der Waals surface area contributed by atoms with E-state index in [1.54, 1.807) is 32.6 Å². The zero-order valence-electron chi connectivity index (χ0n) is 67.0. The number of hydrogen-bond donors (Lipinski definition) is 0. The van der Waals surface area contributed by atoms with Gasteiger partial charge in [-0.3, -0.25) is 0 Å². The third-order valence-corrected chi connectivity index (χ3v) is 22.6. The summed E-state index contributed by atoms with van der Waals surface area (Å²) in [7, 11) is 0. The molecule has 95 heavy (non-hydrogen) atoms. The Morgan fingerprint density at radius 1 is 0.421 bits per heavy atom. The molecule has 6 fully saturated rings. The Morgan fingerprint density at radius 2 is 0.789 bits per heavy atom. The summed E-state index contributed by atoms with van der Waals surface area (Å²) in [6, 6.07) is 21.5. The second kappa shape index (κ2) is 43.7. The molecule has 554 valence electrons. The predicted octanol–water partition coefficient (Wildman–Crippen LogP) is 31.8. The van der Waals surface area contributed by atoms with E-state index in [0.717, 1.165) is 11.3 Å². The molecule has 0 radical (unpaired) electrons. The number of hydrogen-bond acceptors (Lipinski definition) is 0. The average Bonchev–Trinajstić information content (AvgIpc) is 0.882. The fraction of sp³-hybridized carbons (Fsp3) is 0.795. The second-order valence-corrected chi connectivity index (χ2v) is 35.6. The normalized spacial score (nSPS) is 20.8. The molecule has 9 rings (SSSR count). The Kier molecular flexibility index (Phi) is 42.4. The number of rotatable bonds is 6. The molecule has 0 N–H and O–H groups in total. The second-order valence-electron chi connectivity index (χ2n) is 35.6. The van der Waals surface area contributed by atoms with Crippen molar-refractivity contribution in [3.05, 3.63) is 105 Å². The minimum Gasteiger partial charge on any atom is -0.207 e. The fourth-order valence-electron chi connectivity index (χ4n) is 13.0. The fourth-order valence-corrected chi connectivity index (χ4v) is 13.0. The lowest BCUT2D eigenvalue weighted by atomic mass is 9.63. The summed E-state index contributed by atoms with van der Waals surface area (Å²) in [5, 5.41) is 0. The molecule has 0 heterocycles. The standard InChI is InChI=1S/C13H20.C12H22.C10H20.C10H14.C8H14F2.C8H16.C7H12F2.C7H8.C7H16.C6H11F3/c1-9(2)12-7-6-11(5)13(8-12)10(3)4;1-11-5-9-12(10-6-11)7-3-2-4-8-12;1-9(2)5-7-10(3,4)8-6-9;1-7-5-8(2)10(4)9(3)6-7;1-7(2)3-5-8(9,10)6-4-7;1-8(2)6-4-3-5-7-8;1-6-2-4-7(8,9)5-3-6;1-7-5-3-2-4-6-7;1-5-7(3,4)6-2;1-3-4-5(2)6(7,8)9/h6-10H,1-5H3;11H,2-10H2,1H3;5-8H2,1-4H3;5-6H,1-4H3;3-6H2,1-2H3;3-7H2,1-2H3;6H,2-5H2,1H3;2-6H,1H3;5-6H2,1-4H3;5H,3-4H2,1-2H3. The summed E-state index contributed by atoms with van der Waals surface area (Å²) in [4.78, 5) is 0. The highest BCUT2D eigenvalue weighted by molar-refractivity contribution is 5.36. The van der Waals surface area contributed by atoms with Gasteiger partial charge < -0.3 is 0 Å². The zero-order valence-corrected chi connectivity index (χ0v) is 67.0. The van der Waals surface area contributed by atoms with Crippen LogP contribution in [-0.4, -0.2) is 18.0 Å². The molecule has 0 amide bonds. The minimum atomic E-state index is -3.99. The van der Waals surface area contributed by atoms with Crippen LogP contribution in [0.25, 0.3) is 0 Å². The number of benzene rings is 3. The third kappa shape index (κ3) is 43.4. The zero-order chi connectivity index (χ0) is 73.3. The summed E-state index contributed by atoms with van der Waals surface area (Å²) in [5.41, 5.74) is 14.8. The maximum absolute atomic E-state index is 12.5. The molecule has 3 aromatic rings. The minimum absolute atomic E-state index is 0.0833. The van der Waals surface area contributed by atoms with Crippen molar-refractivity contribution in [2.75, 3.05) is 0 Å². The highest BCUT2D eigenvalue weighted by Gasteiger charge is 2.39. The van der Waals surface area contributed by atoms with Crippen molar-refractivity contribution in [3.8, 4) is 0 Å². The Balaban J connectivity index is 0.00000104. The highest BCUT2D eigenvalue weighted by Crippen LogP contribution is 2.49. The van der Waals surface area contributed by atoms with Crippen molar-refractivity contribution < 1.29 is 30.7 Å². The molecular weight excluding hydrogens is 1190 g/mol. The van der Waals surface area contributed by atoms with Gasteiger partial charge in [-0.15, -0.1) is 0 Å². The molecule has 6 aliphatic rings. The summed E-state index contributed by atoms with van der Waals surface area (Å²) in [6.07, 6.45) is 29.3. The van der Waals surface area contributed by atoms with Crippen LogP contribution >= 0.6 is 0 Å². The summed E-state index contributed by atoms with van der Waals surface area (Å²) in [6.45, 7) is 56.9. The van der Waals surface area contributed by atoms with Gasteiger partial charge in [0.05, 0.1) is 5.92 Å². The largest absolute Gasteiger partial charge is 0.391 e. The lowest BCUT2D eigenvalue weighted by Crippen LogP contribution is -2.28. The number of halogens is 7. The molecule has 6 saturated carbocycles. The van der Waals surface area contributed by atoms with E-state index >= 15 is 0 Å². The van der Waals surface area contributed by atoms with Crippen LogP contribution in [-0.2, 0) is 0 Å². The molecule has 0 aliphatic heterocycles. The topological polar surface area (TPSA) is 0 Å². The van der Waals surface area contributed by atoms with Gasteiger partial charge in [0.2, 0.25) is 11.8 Å². The molecule has 0 aromatic heterocycles. The summed E-state index contributed by atoms with van der Waals surface area (Å²) < 4.78 is 84.8. The van der Waals surface area contributed by atoms with Crippen LogP contribution in [0.2, 0.25) is 0 Å². The first kappa shape index (κ1) is 92.2. The molecule has 1 atom stereocenters. The molecular formula is C88H153F7. The van der Waals surface area contributed by atoms with E-state index in [1.807, 2.05) is 25.1 Å². The van der Waals surface area contributed by atoms with Gasteiger partial charge in [-0.25, -0.2) is 17.6 Å². The van der Waals surface area contributed by atoms with Crippen LogP contribution in [0.3, 0.4) is 0 Å². The van der Waals surface area contributed by atoms with Crippen molar-refractivity contribution in [1.82, 2.24) is 0 Å². The molecule has 0 bridgehead atoms. The van der Waals surface area contributed by atoms with Crippen molar-refractivity contribution in [3.63, 3.8) is 0 Å². The van der Waals surface area contributed by atoms with Crippen molar-refractivity contribution >= 4 is 0 Å². The van der Waals surface area contributed by atoms with Gasteiger partial charge in [-0.2, -0.15) is 13.2 Å². The molecule has 1 spiro atoms. The van der Waals surface area contributed by atoms with E-state index in [0.29, 0.717) is 71.5 Å². The average molecular weight is 1340 g/mol. The quantitative estimate of drug-likeness (QED) is 0.216. The number of aryl methyl sites for hydroxylation is 5. The van der Waals surface area contributed by atoms with Gasteiger partial charge in [-0.05, 0) is 227 Å². The van der Waals surface area contributed by atoms with E-state index in [-0.39, 0.29) is 37.5 Å². The predicted molar refractivity (Wildman–Crippen MR) is 406 cm³/mol. The first-order valence-corrected chi connectivity index (χ1v) is 38.6. The van der Waals surface area contributed by atoms with Gasteiger partial charge in [0.15, 0.2) is 0 Å². The molecule has 3 aromatic carbocycles. The Hall–Kier alpha value is -2.83. The molecule has 6 aliphatic carbocycles. The maximum atomic E-state index is 12.5. The van der Waals surface area contributed by atoms with Gasteiger partial charge in [0.25, 0.3) is 0 Å². The Morgan fingerprint density at radius 3 is 1.07 bits per heavy atom. The highest BCUT2D eigenvalue weighted by atomic mass is 19.4. The SMILES string of the molecule is CC1(C)CCC(C)(C)CC1.CC1(C)CCC(F)(F)CC1.CC1(C)CCCCC1.CC1CCC(F)(F)CC1.CC1CCC2(CCCCC2)CC1.CCC(C)(C)CC.CCCC(C)C(F)(F)F.Cc1cc(C)c(C)c(C)c1.Cc1ccc(C(C)C)cc1C(C)C.Cc1ccccc1. The Bertz CT molecular complexity index is 2300. The first-order chi connectivity index (χ1) is 43.6. The van der Waals surface area contributed by atoms with E-state index in [2.05, 4.69) is 202 Å². The number of alkyl halides is 7. The van der Waals surface area contributed by atoms with Crippen molar-refractivity contribution in [2.24, 2.45) is 50.2 Å². The van der Waals surface area contributed by atoms with Crippen molar-refractivity contribution in [1.29, 1.82) is 0 Å². The van der Waals surface area contributed by atoms with E-state index in [9.17, 15) is 30.7 Å². The molecule has 0 saturated heterocycles. The Labute approximate surface area is 585 Å². The van der Waals surface area contributed by atoms with Crippen LogP contribution in [0.4, 0.5) is 30.7 Å². The van der Waals surface area contributed by atoms with Gasteiger partial charge in [0.1, 0.15) is 0 Å².